The summed E-state index contributed by atoms with van der Waals surface area (Å²) in [6.45, 7) is 1.45. The lowest BCUT2D eigenvalue weighted by Gasteiger charge is -2.34. The van der Waals surface area contributed by atoms with Gasteiger partial charge in [-0.25, -0.2) is 0 Å². The lowest BCUT2D eigenvalue weighted by atomic mass is 10.0. The summed E-state index contributed by atoms with van der Waals surface area (Å²) in [5.41, 5.74) is 1.03. The minimum Gasteiger partial charge on any atom is -0.394 e. The zero-order chi connectivity index (χ0) is 14.7. The Labute approximate surface area is 123 Å². The summed E-state index contributed by atoms with van der Waals surface area (Å²) < 4.78 is 5.32. The van der Waals surface area contributed by atoms with Crippen molar-refractivity contribution in [1.82, 2.24) is 4.90 Å². The predicted molar refractivity (Wildman–Crippen MR) is 81.1 cm³/mol. The van der Waals surface area contributed by atoms with Crippen LogP contribution in [0.1, 0.15) is 5.56 Å². The number of hydrogen-bond donors (Lipinski definition) is 1. The molecule has 3 rings (SSSR count). The molecular formula is C17H19NO3. The molecule has 1 amide bonds. The molecule has 21 heavy (non-hydrogen) atoms. The Morgan fingerprint density at radius 3 is 2.90 bits per heavy atom. The first-order chi connectivity index (χ1) is 10.3. The van der Waals surface area contributed by atoms with E-state index in [4.69, 9.17) is 4.74 Å². The molecule has 0 saturated carbocycles. The molecule has 1 atom stereocenters. The van der Waals surface area contributed by atoms with Crippen molar-refractivity contribution < 1.29 is 14.6 Å². The largest absolute Gasteiger partial charge is 0.394 e. The monoisotopic (exact) mass is 285 g/mol. The summed E-state index contributed by atoms with van der Waals surface area (Å²) in [6, 6.07) is 13.9. The highest BCUT2D eigenvalue weighted by atomic mass is 16.5. The van der Waals surface area contributed by atoms with Gasteiger partial charge in [0.15, 0.2) is 0 Å². The Hall–Kier alpha value is -1.91. The van der Waals surface area contributed by atoms with Gasteiger partial charge in [0.2, 0.25) is 5.91 Å². The van der Waals surface area contributed by atoms with Gasteiger partial charge >= 0.3 is 0 Å². The maximum absolute atomic E-state index is 12.5. The standard InChI is InChI=1S/C17H19NO3/c19-11-15-12-21-9-8-18(15)17(20)10-14-6-3-5-13-4-1-2-7-16(13)14/h1-7,15,19H,8-12H2/t15-/m0/s1. The Kier molecular flexibility index (Phi) is 4.18. The van der Waals surface area contributed by atoms with Gasteiger partial charge in [0.05, 0.1) is 32.3 Å². The number of aliphatic hydroxyl groups is 1. The molecule has 1 saturated heterocycles. The van der Waals surface area contributed by atoms with Crippen LogP contribution in [0.5, 0.6) is 0 Å². The third kappa shape index (κ3) is 2.91. The number of benzene rings is 2. The van der Waals surface area contributed by atoms with E-state index in [-0.39, 0.29) is 18.6 Å². The summed E-state index contributed by atoms with van der Waals surface area (Å²) in [5.74, 6) is 0.0497. The fraction of sp³-hybridized carbons (Fsp3) is 0.353. The second-order valence-electron chi connectivity index (χ2n) is 5.31. The molecule has 0 spiro atoms. The van der Waals surface area contributed by atoms with E-state index in [1.54, 1.807) is 4.90 Å². The van der Waals surface area contributed by atoms with Gasteiger partial charge in [-0.3, -0.25) is 4.79 Å². The quantitative estimate of drug-likeness (QED) is 0.932. The van der Waals surface area contributed by atoms with Crippen molar-refractivity contribution in [2.24, 2.45) is 0 Å². The van der Waals surface area contributed by atoms with Gasteiger partial charge in [0.1, 0.15) is 0 Å². The molecule has 2 aromatic rings. The van der Waals surface area contributed by atoms with Crippen LogP contribution in [0.25, 0.3) is 10.8 Å². The summed E-state index contributed by atoms with van der Waals surface area (Å²) >= 11 is 0. The van der Waals surface area contributed by atoms with Crippen LogP contribution in [0.3, 0.4) is 0 Å². The fourth-order valence-corrected chi connectivity index (χ4v) is 2.85. The number of carbonyl (C=O) groups is 1. The zero-order valence-corrected chi connectivity index (χ0v) is 11.9. The van der Waals surface area contributed by atoms with Crippen molar-refractivity contribution in [1.29, 1.82) is 0 Å². The molecule has 1 heterocycles. The van der Waals surface area contributed by atoms with Crippen molar-refractivity contribution in [2.75, 3.05) is 26.4 Å². The molecule has 0 radical (unpaired) electrons. The maximum Gasteiger partial charge on any atom is 0.227 e. The van der Waals surface area contributed by atoms with Gasteiger partial charge in [-0.15, -0.1) is 0 Å². The Balaban J connectivity index is 1.83. The molecule has 1 fully saturated rings. The number of ether oxygens (including phenoxy) is 1. The smallest absolute Gasteiger partial charge is 0.227 e. The molecule has 110 valence electrons. The molecule has 0 unspecified atom stereocenters. The van der Waals surface area contributed by atoms with Crippen molar-refractivity contribution >= 4 is 16.7 Å². The van der Waals surface area contributed by atoms with E-state index in [0.717, 1.165) is 16.3 Å². The number of carbonyl (C=O) groups excluding carboxylic acids is 1. The lowest BCUT2D eigenvalue weighted by molar-refractivity contribution is -0.140. The highest BCUT2D eigenvalue weighted by Crippen LogP contribution is 2.20. The number of hydrogen-bond acceptors (Lipinski definition) is 3. The third-order valence-corrected chi connectivity index (χ3v) is 3.98. The molecular weight excluding hydrogens is 266 g/mol. The average molecular weight is 285 g/mol. The first kappa shape index (κ1) is 14.0. The predicted octanol–water partition coefficient (Wildman–Crippen LogP) is 1.60. The van der Waals surface area contributed by atoms with Crippen LogP contribution in [0.15, 0.2) is 42.5 Å². The van der Waals surface area contributed by atoms with Gasteiger partial charge in [-0.2, -0.15) is 0 Å². The highest BCUT2D eigenvalue weighted by molar-refractivity contribution is 5.90. The van der Waals surface area contributed by atoms with Crippen molar-refractivity contribution in [3.63, 3.8) is 0 Å². The summed E-state index contributed by atoms with van der Waals surface area (Å²) in [7, 11) is 0. The molecule has 0 bridgehead atoms. The van der Waals surface area contributed by atoms with Crippen molar-refractivity contribution in [2.45, 2.75) is 12.5 Å². The molecule has 4 heteroatoms. The van der Waals surface area contributed by atoms with E-state index in [0.29, 0.717) is 26.2 Å². The van der Waals surface area contributed by atoms with Crippen LogP contribution >= 0.6 is 0 Å². The number of morpholine rings is 1. The summed E-state index contributed by atoms with van der Waals surface area (Å²) in [6.07, 6.45) is 0.359. The van der Waals surface area contributed by atoms with Crippen molar-refractivity contribution in [3.8, 4) is 0 Å². The van der Waals surface area contributed by atoms with Gasteiger partial charge in [0.25, 0.3) is 0 Å². The molecule has 1 N–H and O–H groups in total. The Morgan fingerprint density at radius 2 is 2.05 bits per heavy atom. The Bertz CT molecular complexity index is 635. The molecule has 2 aromatic carbocycles. The second-order valence-corrected chi connectivity index (χ2v) is 5.31. The van der Waals surface area contributed by atoms with E-state index >= 15 is 0 Å². The van der Waals surface area contributed by atoms with Crippen LogP contribution < -0.4 is 0 Å². The van der Waals surface area contributed by atoms with E-state index in [9.17, 15) is 9.90 Å². The normalized spacial score (nSPS) is 18.9. The van der Waals surface area contributed by atoms with Crippen LogP contribution in [-0.2, 0) is 16.0 Å². The SMILES string of the molecule is O=C(Cc1cccc2ccccc12)N1CCOC[C@@H]1CO. The number of aliphatic hydroxyl groups excluding tert-OH is 1. The Morgan fingerprint density at radius 1 is 1.24 bits per heavy atom. The van der Waals surface area contributed by atoms with Crippen LogP contribution in [-0.4, -0.2) is 48.3 Å². The van der Waals surface area contributed by atoms with Gasteiger partial charge in [-0.05, 0) is 16.3 Å². The van der Waals surface area contributed by atoms with Gasteiger partial charge < -0.3 is 14.7 Å². The first-order valence-corrected chi connectivity index (χ1v) is 7.24. The van der Waals surface area contributed by atoms with Crippen LogP contribution in [0, 0.1) is 0 Å². The number of rotatable bonds is 3. The topological polar surface area (TPSA) is 49.8 Å². The van der Waals surface area contributed by atoms with E-state index in [1.165, 1.54) is 0 Å². The van der Waals surface area contributed by atoms with Gasteiger partial charge in [-0.1, -0.05) is 42.5 Å². The molecule has 4 nitrogen and oxygen atoms in total. The van der Waals surface area contributed by atoms with Crippen LogP contribution in [0.2, 0.25) is 0 Å². The number of nitrogens with zero attached hydrogens (tertiary/aromatic N) is 1. The minimum atomic E-state index is -0.221. The van der Waals surface area contributed by atoms with E-state index in [2.05, 4.69) is 12.1 Å². The molecule has 1 aliphatic heterocycles. The fourth-order valence-electron chi connectivity index (χ4n) is 2.85. The summed E-state index contributed by atoms with van der Waals surface area (Å²) in [4.78, 5) is 14.3. The third-order valence-electron chi connectivity index (χ3n) is 3.98. The van der Waals surface area contributed by atoms with E-state index in [1.807, 2.05) is 30.3 Å². The highest BCUT2D eigenvalue weighted by Gasteiger charge is 2.26. The van der Waals surface area contributed by atoms with Crippen LogP contribution in [0.4, 0.5) is 0 Å². The summed E-state index contributed by atoms with van der Waals surface area (Å²) in [5, 5.41) is 11.6. The van der Waals surface area contributed by atoms with Crippen molar-refractivity contribution in [3.05, 3.63) is 48.0 Å². The molecule has 0 aliphatic carbocycles. The molecule has 1 aliphatic rings. The number of fused-ring (bicyclic) bond motifs is 1. The van der Waals surface area contributed by atoms with Gasteiger partial charge in [0, 0.05) is 6.54 Å². The lowest BCUT2D eigenvalue weighted by Crippen LogP contribution is -2.51. The van der Waals surface area contributed by atoms with E-state index < -0.39 is 0 Å². The minimum absolute atomic E-state index is 0.0497. The number of amides is 1. The molecule has 0 aromatic heterocycles. The maximum atomic E-state index is 12.5. The first-order valence-electron chi connectivity index (χ1n) is 7.24. The second kappa shape index (κ2) is 6.24. The average Bonchev–Trinajstić information content (AvgIpc) is 2.55. The zero-order valence-electron chi connectivity index (χ0n) is 11.9.